The second kappa shape index (κ2) is 2.58. The Morgan fingerprint density at radius 2 is 2.09 bits per heavy atom. The monoisotopic (exact) mass is 155 g/mol. The van der Waals surface area contributed by atoms with Crippen molar-refractivity contribution in [1.29, 1.82) is 0 Å². The molecule has 1 aromatic rings. The summed E-state index contributed by atoms with van der Waals surface area (Å²) < 4.78 is 1.73. The number of hydrogen-bond donors (Lipinski definition) is 1. The third-order valence-corrected chi connectivity index (χ3v) is 1.35. The lowest BCUT2D eigenvalue weighted by atomic mass is 10.1. The first-order valence-corrected chi connectivity index (χ1v) is 3.53. The third kappa shape index (κ3) is 1.54. The van der Waals surface area contributed by atoms with Crippen molar-refractivity contribution in [3.63, 3.8) is 0 Å². The second-order valence-electron chi connectivity index (χ2n) is 3.38. The highest BCUT2D eigenvalue weighted by atomic mass is 15.6. The first-order chi connectivity index (χ1) is 5.05. The molecule has 0 aliphatic carbocycles. The van der Waals surface area contributed by atoms with E-state index in [1.807, 2.05) is 20.8 Å². The van der Waals surface area contributed by atoms with Crippen molar-refractivity contribution in [3.05, 3.63) is 5.82 Å². The minimum atomic E-state index is -0.0851. The van der Waals surface area contributed by atoms with Crippen LogP contribution < -0.4 is 5.73 Å². The number of nitrogens with two attached hydrogens (primary N) is 1. The molecule has 0 bridgehead atoms. The molecule has 0 spiro atoms. The lowest BCUT2D eigenvalue weighted by Gasteiger charge is -2.19. The Morgan fingerprint density at radius 3 is 2.45 bits per heavy atom. The van der Waals surface area contributed by atoms with E-state index in [0.717, 1.165) is 5.82 Å². The Labute approximate surface area is 65.6 Å². The van der Waals surface area contributed by atoms with Gasteiger partial charge in [0.25, 0.3) is 0 Å². The Morgan fingerprint density at radius 1 is 1.45 bits per heavy atom. The van der Waals surface area contributed by atoms with Gasteiger partial charge in [0.15, 0.2) is 5.82 Å². The molecule has 11 heavy (non-hydrogen) atoms. The van der Waals surface area contributed by atoms with Crippen LogP contribution in [0.2, 0.25) is 0 Å². The second-order valence-corrected chi connectivity index (χ2v) is 3.38. The average Bonchev–Trinajstić information content (AvgIpc) is 2.31. The molecule has 0 aliphatic rings. The predicted octanol–water partition coefficient (Wildman–Crippen LogP) is -0.113. The van der Waals surface area contributed by atoms with Crippen molar-refractivity contribution in [2.45, 2.75) is 32.9 Å². The molecule has 0 saturated heterocycles. The van der Waals surface area contributed by atoms with Crippen molar-refractivity contribution in [2.75, 3.05) is 0 Å². The van der Waals surface area contributed by atoms with Crippen molar-refractivity contribution in [1.82, 2.24) is 20.2 Å². The molecule has 2 N–H and O–H groups in total. The largest absolute Gasteiger partial charge is 0.324 e. The summed E-state index contributed by atoms with van der Waals surface area (Å²) in [4.78, 5) is 0. The maximum Gasteiger partial charge on any atom is 0.165 e. The van der Waals surface area contributed by atoms with Crippen LogP contribution in [0.5, 0.6) is 0 Å². The molecule has 0 saturated carbocycles. The standard InChI is InChI=1S/C6H13N5/c1-6(2,3)11-5(4-7)8-9-10-11/h4,7H2,1-3H3. The molecule has 1 heterocycles. The Balaban J connectivity index is 3.02. The van der Waals surface area contributed by atoms with Gasteiger partial charge in [-0.1, -0.05) is 0 Å². The van der Waals surface area contributed by atoms with Crippen LogP contribution in [0.4, 0.5) is 0 Å². The van der Waals surface area contributed by atoms with E-state index in [9.17, 15) is 0 Å². The molecular formula is C6H13N5. The summed E-state index contributed by atoms with van der Waals surface area (Å²) in [6.07, 6.45) is 0. The molecule has 5 nitrogen and oxygen atoms in total. The minimum absolute atomic E-state index is 0.0851. The van der Waals surface area contributed by atoms with Crippen molar-refractivity contribution < 1.29 is 0 Å². The zero-order valence-corrected chi connectivity index (χ0v) is 7.07. The van der Waals surface area contributed by atoms with Gasteiger partial charge >= 0.3 is 0 Å². The van der Waals surface area contributed by atoms with Gasteiger partial charge in [0, 0.05) is 0 Å². The summed E-state index contributed by atoms with van der Waals surface area (Å²) in [6.45, 7) is 6.47. The number of rotatable bonds is 1. The fraction of sp³-hybridized carbons (Fsp3) is 0.833. The SMILES string of the molecule is CC(C)(C)n1nnnc1CN. The van der Waals surface area contributed by atoms with E-state index >= 15 is 0 Å². The fourth-order valence-corrected chi connectivity index (χ4v) is 0.854. The smallest absolute Gasteiger partial charge is 0.165 e. The molecule has 0 unspecified atom stereocenters. The quantitative estimate of drug-likeness (QED) is 0.614. The van der Waals surface area contributed by atoms with Gasteiger partial charge in [-0.2, -0.15) is 0 Å². The highest BCUT2D eigenvalue weighted by molar-refractivity contribution is 4.84. The molecule has 62 valence electrons. The molecule has 0 amide bonds. The summed E-state index contributed by atoms with van der Waals surface area (Å²) in [6, 6.07) is 0. The van der Waals surface area contributed by atoms with Crippen molar-refractivity contribution >= 4 is 0 Å². The Bertz CT molecular complexity index is 233. The van der Waals surface area contributed by atoms with Gasteiger partial charge in [-0.25, -0.2) is 4.68 Å². The maximum atomic E-state index is 5.43. The minimum Gasteiger partial charge on any atom is -0.324 e. The van der Waals surface area contributed by atoms with Crippen LogP contribution in [0.15, 0.2) is 0 Å². The van der Waals surface area contributed by atoms with E-state index in [4.69, 9.17) is 5.73 Å². The highest BCUT2D eigenvalue weighted by Crippen LogP contribution is 2.12. The number of nitrogens with zero attached hydrogens (tertiary/aromatic N) is 4. The molecule has 5 heteroatoms. The van der Waals surface area contributed by atoms with E-state index < -0.39 is 0 Å². The molecule has 0 fully saturated rings. The van der Waals surface area contributed by atoms with Crippen LogP contribution in [-0.2, 0) is 12.1 Å². The molecule has 0 aromatic carbocycles. The van der Waals surface area contributed by atoms with Crippen LogP contribution in [0, 0.1) is 0 Å². The van der Waals surface area contributed by atoms with Gasteiger partial charge < -0.3 is 5.73 Å². The zero-order chi connectivity index (χ0) is 8.48. The molecule has 0 aliphatic heterocycles. The summed E-state index contributed by atoms with van der Waals surface area (Å²) >= 11 is 0. The fourth-order valence-electron chi connectivity index (χ4n) is 0.854. The highest BCUT2D eigenvalue weighted by Gasteiger charge is 2.17. The molecule has 0 radical (unpaired) electrons. The van der Waals surface area contributed by atoms with Crippen LogP contribution in [0.25, 0.3) is 0 Å². The normalized spacial score (nSPS) is 12.0. The van der Waals surface area contributed by atoms with Gasteiger partial charge in [0.1, 0.15) is 0 Å². The van der Waals surface area contributed by atoms with Crippen molar-refractivity contribution in [3.8, 4) is 0 Å². The summed E-state index contributed by atoms with van der Waals surface area (Å²) in [5.41, 5.74) is 5.34. The predicted molar refractivity (Wildman–Crippen MR) is 40.7 cm³/mol. The topological polar surface area (TPSA) is 69.6 Å². The number of hydrogen-bond acceptors (Lipinski definition) is 4. The van der Waals surface area contributed by atoms with E-state index in [1.165, 1.54) is 0 Å². The lowest BCUT2D eigenvalue weighted by molar-refractivity contribution is 0.335. The Hall–Kier alpha value is -0.970. The van der Waals surface area contributed by atoms with Crippen LogP contribution in [0.1, 0.15) is 26.6 Å². The maximum absolute atomic E-state index is 5.43. The van der Waals surface area contributed by atoms with Gasteiger partial charge in [0.05, 0.1) is 12.1 Å². The zero-order valence-electron chi connectivity index (χ0n) is 7.07. The summed E-state index contributed by atoms with van der Waals surface area (Å²) in [5.74, 6) is 0.720. The van der Waals surface area contributed by atoms with Crippen molar-refractivity contribution in [2.24, 2.45) is 5.73 Å². The van der Waals surface area contributed by atoms with E-state index in [1.54, 1.807) is 4.68 Å². The third-order valence-electron chi connectivity index (χ3n) is 1.35. The van der Waals surface area contributed by atoms with Crippen LogP contribution in [0.3, 0.4) is 0 Å². The first-order valence-electron chi connectivity index (χ1n) is 3.53. The number of tetrazole rings is 1. The van der Waals surface area contributed by atoms with Crippen LogP contribution >= 0.6 is 0 Å². The van der Waals surface area contributed by atoms with Crippen LogP contribution in [-0.4, -0.2) is 20.2 Å². The summed E-state index contributed by atoms with van der Waals surface area (Å²) in [7, 11) is 0. The van der Waals surface area contributed by atoms with Gasteiger partial charge in [-0.05, 0) is 31.2 Å². The average molecular weight is 155 g/mol. The molecule has 0 atom stereocenters. The van der Waals surface area contributed by atoms with E-state index in [2.05, 4.69) is 15.5 Å². The van der Waals surface area contributed by atoms with E-state index in [0.29, 0.717) is 6.54 Å². The van der Waals surface area contributed by atoms with Gasteiger partial charge in [-0.15, -0.1) is 5.10 Å². The molecule has 1 rings (SSSR count). The van der Waals surface area contributed by atoms with E-state index in [-0.39, 0.29) is 5.54 Å². The first kappa shape index (κ1) is 8.13. The summed E-state index contributed by atoms with van der Waals surface area (Å²) in [5, 5.41) is 11.2. The lowest BCUT2D eigenvalue weighted by Crippen LogP contribution is -2.26. The van der Waals surface area contributed by atoms with Gasteiger partial charge in [0.2, 0.25) is 0 Å². The number of aromatic nitrogens is 4. The Kier molecular flexibility index (Phi) is 1.90. The van der Waals surface area contributed by atoms with Gasteiger partial charge in [-0.3, -0.25) is 0 Å². The molecular weight excluding hydrogens is 142 g/mol. The molecule has 1 aromatic heterocycles.